The number of hydrogen-bond donors (Lipinski definition) is 3. The molecule has 2 aromatic rings. The quantitative estimate of drug-likeness (QED) is 0.250. The van der Waals surface area contributed by atoms with Crippen LogP contribution >= 0.6 is 0 Å². The summed E-state index contributed by atoms with van der Waals surface area (Å²) >= 11 is 0. The van der Waals surface area contributed by atoms with Crippen molar-refractivity contribution in [2.75, 3.05) is 18.5 Å². The minimum absolute atomic E-state index is 0.543. The Hall–Kier alpha value is -2.53. The number of ether oxygens (including phenoxy) is 1. The van der Waals surface area contributed by atoms with Gasteiger partial charge in [0, 0.05) is 18.7 Å². The van der Waals surface area contributed by atoms with Gasteiger partial charge >= 0.3 is 0 Å². The summed E-state index contributed by atoms with van der Waals surface area (Å²) in [6.45, 7) is 1.25. The molecule has 0 saturated carbocycles. The van der Waals surface area contributed by atoms with Crippen LogP contribution in [-0.4, -0.2) is 19.1 Å². The minimum atomic E-state index is 0.543. The highest BCUT2D eigenvalue weighted by atomic mass is 16.5. The molecule has 110 valence electrons. The summed E-state index contributed by atoms with van der Waals surface area (Å²) in [7, 11) is 0. The van der Waals surface area contributed by atoms with Crippen LogP contribution < -0.4 is 21.3 Å². The third-order valence-corrected chi connectivity index (χ3v) is 2.76. The number of nitrogens with two attached hydrogens (primary N) is 1. The normalized spacial score (nSPS) is 11.0. The first-order valence-corrected chi connectivity index (χ1v) is 6.89. The SMILES string of the molecule is NNC(=NCCCOc1ccccc1)Nc1ccccc1. The first-order chi connectivity index (χ1) is 10.4. The van der Waals surface area contributed by atoms with E-state index in [1.54, 1.807) is 0 Å². The van der Waals surface area contributed by atoms with Crippen molar-refractivity contribution in [3.8, 4) is 5.75 Å². The monoisotopic (exact) mass is 284 g/mol. The highest BCUT2D eigenvalue weighted by molar-refractivity contribution is 5.93. The molecule has 0 unspecified atom stereocenters. The van der Waals surface area contributed by atoms with Crippen molar-refractivity contribution < 1.29 is 4.74 Å². The maximum Gasteiger partial charge on any atom is 0.210 e. The molecule has 0 fully saturated rings. The Morgan fingerprint density at radius 1 is 1.00 bits per heavy atom. The Morgan fingerprint density at radius 3 is 2.33 bits per heavy atom. The molecule has 0 heterocycles. The van der Waals surface area contributed by atoms with Crippen molar-refractivity contribution in [1.82, 2.24) is 5.43 Å². The number of aliphatic imine (C=N–C) groups is 1. The molecule has 0 spiro atoms. The van der Waals surface area contributed by atoms with Crippen LogP contribution in [0.4, 0.5) is 5.69 Å². The second-order valence-corrected chi connectivity index (χ2v) is 4.38. The van der Waals surface area contributed by atoms with Crippen molar-refractivity contribution in [2.45, 2.75) is 6.42 Å². The Labute approximate surface area is 124 Å². The Balaban J connectivity index is 1.71. The van der Waals surface area contributed by atoms with Gasteiger partial charge in [0.15, 0.2) is 0 Å². The van der Waals surface area contributed by atoms with Gasteiger partial charge in [0.25, 0.3) is 0 Å². The maximum absolute atomic E-state index is 5.60. The number of anilines is 1. The fraction of sp³-hybridized carbons (Fsp3) is 0.188. The highest BCUT2D eigenvalue weighted by Crippen LogP contribution is 2.08. The molecule has 0 radical (unpaired) electrons. The number of nitrogens with one attached hydrogen (secondary N) is 2. The third kappa shape index (κ3) is 5.54. The van der Waals surface area contributed by atoms with Crippen molar-refractivity contribution in [2.24, 2.45) is 10.8 Å². The molecule has 5 heteroatoms. The van der Waals surface area contributed by atoms with Crippen molar-refractivity contribution in [3.63, 3.8) is 0 Å². The summed E-state index contributed by atoms with van der Waals surface area (Å²) in [5.41, 5.74) is 3.50. The summed E-state index contributed by atoms with van der Waals surface area (Å²) in [5, 5.41) is 3.11. The molecule has 2 rings (SSSR count). The van der Waals surface area contributed by atoms with Crippen LogP contribution in [0.5, 0.6) is 5.75 Å². The zero-order chi connectivity index (χ0) is 14.8. The number of benzene rings is 2. The Bertz CT molecular complexity index is 543. The molecule has 0 bridgehead atoms. The Kier molecular flexibility index (Phi) is 6.09. The number of hydrogen-bond acceptors (Lipinski definition) is 3. The first-order valence-electron chi connectivity index (χ1n) is 6.89. The molecule has 21 heavy (non-hydrogen) atoms. The number of guanidine groups is 1. The fourth-order valence-corrected chi connectivity index (χ4v) is 1.74. The number of hydrazine groups is 1. The minimum Gasteiger partial charge on any atom is -0.494 e. The molecule has 0 aromatic heterocycles. The van der Waals surface area contributed by atoms with Crippen LogP contribution in [0.3, 0.4) is 0 Å². The summed E-state index contributed by atoms with van der Waals surface area (Å²) in [4.78, 5) is 4.36. The van der Waals surface area contributed by atoms with Gasteiger partial charge in [0.1, 0.15) is 5.75 Å². The highest BCUT2D eigenvalue weighted by Gasteiger charge is 1.97. The fourth-order valence-electron chi connectivity index (χ4n) is 1.74. The van der Waals surface area contributed by atoms with Gasteiger partial charge in [-0.3, -0.25) is 10.4 Å². The van der Waals surface area contributed by atoms with Gasteiger partial charge in [-0.05, 0) is 24.3 Å². The summed E-state index contributed by atoms with van der Waals surface area (Å²) in [6.07, 6.45) is 0.816. The lowest BCUT2D eigenvalue weighted by Crippen LogP contribution is -2.36. The number of nitrogens with zero attached hydrogens (tertiary/aromatic N) is 1. The van der Waals surface area contributed by atoms with Crippen LogP contribution in [0.15, 0.2) is 65.7 Å². The predicted molar refractivity (Wildman–Crippen MR) is 86.2 cm³/mol. The van der Waals surface area contributed by atoms with Gasteiger partial charge in [-0.2, -0.15) is 0 Å². The summed E-state index contributed by atoms with van der Waals surface area (Å²) < 4.78 is 5.60. The molecular formula is C16H20N4O. The number of rotatable bonds is 6. The van der Waals surface area contributed by atoms with Crippen molar-refractivity contribution in [1.29, 1.82) is 0 Å². The third-order valence-electron chi connectivity index (χ3n) is 2.76. The van der Waals surface area contributed by atoms with E-state index in [0.29, 0.717) is 19.1 Å². The van der Waals surface area contributed by atoms with E-state index in [0.717, 1.165) is 17.9 Å². The van der Waals surface area contributed by atoms with E-state index >= 15 is 0 Å². The van der Waals surface area contributed by atoms with Crippen molar-refractivity contribution >= 4 is 11.6 Å². The molecule has 0 aliphatic carbocycles. The van der Waals surface area contributed by atoms with Gasteiger partial charge in [-0.25, -0.2) is 5.84 Å². The van der Waals surface area contributed by atoms with Crippen LogP contribution in [0.2, 0.25) is 0 Å². The maximum atomic E-state index is 5.60. The standard InChI is InChI=1S/C16H20N4O/c17-20-16(19-14-8-3-1-4-9-14)18-12-7-13-21-15-10-5-2-6-11-15/h1-6,8-11H,7,12-13,17H2,(H2,18,19,20). The van der Waals surface area contributed by atoms with Crippen LogP contribution in [0.25, 0.3) is 0 Å². The van der Waals surface area contributed by atoms with E-state index in [2.05, 4.69) is 15.7 Å². The zero-order valence-electron chi connectivity index (χ0n) is 11.8. The second kappa shape index (κ2) is 8.60. The molecule has 2 aromatic carbocycles. The topological polar surface area (TPSA) is 71.7 Å². The van der Waals surface area contributed by atoms with E-state index in [-0.39, 0.29) is 0 Å². The predicted octanol–water partition coefficient (Wildman–Crippen LogP) is 2.39. The molecule has 0 aliphatic rings. The van der Waals surface area contributed by atoms with Crippen LogP contribution in [0, 0.1) is 0 Å². The zero-order valence-corrected chi connectivity index (χ0v) is 11.8. The Morgan fingerprint density at radius 2 is 1.67 bits per heavy atom. The van der Waals surface area contributed by atoms with Gasteiger partial charge in [-0.15, -0.1) is 0 Å². The lowest BCUT2D eigenvalue weighted by Gasteiger charge is -2.09. The van der Waals surface area contributed by atoms with E-state index < -0.39 is 0 Å². The van der Waals surface area contributed by atoms with E-state index in [1.807, 2.05) is 60.7 Å². The van der Waals surface area contributed by atoms with E-state index in [1.165, 1.54) is 0 Å². The van der Waals surface area contributed by atoms with Crippen LogP contribution in [-0.2, 0) is 0 Å². The van der Waals surface area contributed by atoms with Crippen molar-refractivity contribution in [3.05, 3.63) is 60.7 Å². The second-order valence-electron chi connectivity index (χ2n) is 4.38. The molecular weight excluding hydrogens is 264 g/mol. The van der Waals surface area contributed by atoms with Gasteiger partial charge < -0.3 is 10.1 Å². The molecule has 5 nitrogen and oxygen atoms in total. The molecule has 4 N–H and O–H groups in total. The lowest BCUT2D eigenvalue weighted by atomic mass is 10.3. The first kappa shape index (κ1) is 14.9. The molecule has 0 amide bonds. The molecule has 0 saturated heterocycles. The van der Waals surface area contributed by atoms with Gasteiger partial charge in [0.05, 0.1) is 6.61 Å². The molecule has 0 atom stereocenters. The van der Waals surface area contributed by atoms with E-state index in [4.69, 9.17) is 10.6 Å². The largest absolute Gasteiger partial charge is 0.494 e. The number of para-hydroxylation sites is 2. The summed E-state index contributed by atoms with van der Waals surface area (Å²) in [6, 6.07) is 19.5. The summed E-state index contributed by atoms with van der Waals surface area (Å²) in [5.74, 6) is 6.87. The van der Waals surface area contributed by atoms with Gasteiger partial charge in [-0.1, -0.05) is 36.4 Å². The average Bonchev–Trinajstić information content (AvgIpc) is 2.55. The van der Waals surface area contributed by atoms with Crippen LogP contribution in [0.1, 0.15) is 6.42 Å². The smallest absolute Gasteiger partial charge is 0.210 e. The average molecular weight is 284 g/mol. The molecule has 0 aliphatic heterocycles. The van der Waals surface area contributed by atoms with Gasteiger partial charge in [0.2, 0.25) is 5.96 Å². The van der Waals surface area contributed by atoms with E-state index in [9.17, 15) is 0 Å². The lowest BCUT2D eigenvalue weighted by molar-refractivity contribution is 0.313.